The summed E-state index contributed by atoms with van der Waals surface area (Å²) in [5.74, 6) is -0.794. The van der Waals surface area contributed by atoms with E-state index in [1.807, 2.05) is 0 Å². The molecule has 0 aliphatic rings. The van der Waals surface area contributed by atoms with Gasteiger partial charge in [0.15, 0.2) is 0 Å². The third-order valence-corrected chi connectivity index (χ3v) is 1.26. The Kier molecular flexibility index (Phi) is 13.8. The van der Waals surface area contributed by atoms with Gasteiger partial charge in [0.2, 0.25) is 5.91 Å². The van der Waals surface area contributed by atoms with E-state index >= 15 is 0 Å². The minimum Gasteiger partial charge on any atom is -0.748 e. The molecule has 0 fully saturated rings. The first-order chi connectivity index (χ1) is 4.83. The summed E-state index contributed by atoms with van der Waals surface area (Å²) >= 11 is 0. The maximum atomic E-state index is 9.47. The Bertz CT molecular complexity index is 224. The molecule has 0 unspecified atom stereocenters. The number of carbonyl (C=O) groups is 1. The maximum absolute atomic E-state index is 9.47. The Morgan fingerprint density at radius 1 is 1.67 bits per heavy atom. The van der Waals surface area contributed by atoms with Crippen molar-refractivity contribution in [2.75, 3.05) is 5.75 Å². The Hall–Kier alpha value is 0.120. The second-order valence-corrected chi connectivity index (χ2v) is 3.15. The number of nitrogens with two attached hydrogens (primary N) is 1. The number of hydrogen-bond acceptors (Lipinski definition) is 4. The van der Waals surface area contributed by atoms with Gasteiger partial charge >= 0.3 is 29.6 Å². The molecule has 0 atom stereocenters. The van der Waals surface area contributed by atoms with E-state index in [-0.39, 0.29) is 35.3 Å². The molecule has 0 spiro atoms. The quantitative estimate of drug-likeness (QED) is 0.282. The van der Waals surface area contributed by atoms with Gasteiger partial charge in [0.05, 0.1) is 10.1 Å². The van der Waals surface area contributed by atoms with E-state index in [1.165, 1.54) is 6.92 Å². The van der Waals surface area contributed by atoms with Crippen molar-refractivity contribution in [1.82, 2.24) is 0 Å². The van der Waals surface area contributed by atoms with Crippen LogP contribution in [0.3, 0.4) is 0 Å². The Balaban J connectivity index is -0.000000126. The fourth-order valence-corrected chi connectivity index (χ4v) is 0. The summed E-state index contributed by atoms with van der Waals surface area (Å²) in [6, 6.07) is 0. The van der Waals surface area contributed by atoms with Crippen molar-refractivity contribution < 1.29 is 47.3 Å². The van der Waals surface area contributed by atoms with Crippen LogP contribution in [0.2, 0.25) is 0 Å². The van der Waals surface area contributed by atoms with Gasteiger partial charge in [0, 0.05) is 5.75 Å². The summed E-state index contributed by atoms with van der Waals surface area (Å²) in [5, 5.41) is 0. The van der Waals surface area contributed by atoms with Gasteiger partial charge in [-0.2, -0.15) is 0 Å². The van der Waals surface area contributed by atoms with Crippen LogP contribution in [0, 0.1) is 0 Å². The molecule has 66 valence electrons. The standard InChI is InChI=1S/C3H5NO.C2H6O3S.Na/c1-2-3(4)5;1-2-6(3,4)5;/h2H,1H2,(H2,4,5);2H2,1H3,(H,3,4,5);/q;;+1/p-1. The van der Waals surface area contributed by atoms with Crippen LogP contribution < -0.4 is 35.3 Å². The van der Waals surface area contributed by atoms with Crippen molar-refractivity contribution in [3.8, 4) is 0 Å². The van der Waals surface area contributed by atoms with Gasteiger partial charge in [-0.25, -0.2) is 8.42 Å². The zero-order valence-corrected chi connectivity index (χ0v) is 9.93. The average Bonchev–Trinajstić information content (AvgIpc) is 1.88. The van der Waals surface area contributed by atoms with Crippen molar-refractivity contribution in [1.29, 1.82) is 0 Å². The summed E-state index contributed by atoms with van der Waals surface area (Å²) in [6.45, 7) is 4.39. The molecule has 2 N–H and O–H groups in total. The average molecular weight is 203 g/mol. The van der Waals surface area contributed by atoms with Crippen LogP contribution in [0.5, 0.6) is 0 Å². The zero-order chi connectivity index (χ0) is 9.49. The molecule has 1 amide bonds. The second kappa shape index (κ2) is 9.21. The van der Waals surface area contributed by atoms with Crippen LogP contribution in [-0.4, -0.2) is 24.6 Å². The molecule has 0 saturated carbocycles. The van der Waals surface area contributed by atoms with Gasteiger partial charge in [-0.1, -0.05) is 13.5 Å². The first kappa shape index (κ1) is 18.0. The van der Waals surface area contributed by atoms with E-state index < -0.39 is 16.0 Å². The van der Waals surface area contributed by atoms with Crippen LogP contribution in [0.15, 0.2) is 12.7 Å². The predicted octanol–water partition coefficient (Wildman–Crippen LogP) is -3.79. The van der Waals surface area contributed by atoms with Gasteiger partial charge in [-0.05, 0) is 6.08 Å². The molecule has 0 aliphatic heterocycles. The molecular weight excluding hydrogens is 193 g/mol. The zero-order valence-electron chi connectivity index (χ0n) is 7.11. The van der Waals surface area contributed by atoms with Crippen molar-refractivity contribution in [3.63, 3.8) is 0 Å². The van der Waals surface area contributed by atoms with Crippen LogP contribution >= 0.6 is 0 Å². The SMILES string of the molecule is C=CC(N)=O.CCS(=O)(=O)[O-].[Na+]. The number of amides is 1. The molecule has 0 aromatic heterocycles. The molecule has 0 heterocycles. The van der Waals surface area contributed by atoms with E-state index in [2.05, 4.69) is 12.3 Å². The largest absolute Gasteiger partial charge is 1.00 e. The maximum Gasteiger partial charge on any atom is 1.00 e. The Labute approximate surface area is 94.1 Å². The molecule has 5 nitrogen and oxygen atoms in total. The van der Waals surface area contributed by atoms with E-state index in [0.29, 0.717) is 0 Å². The fraction of sp³-hybridized carbons (Fsp3) is 0.400. The van der Waals surface area contributed by atoms with E-state index in [1.54, 1.807) is 0 Å². The second-order valence-electron chi connectivity index (χ2n) is 1.45. The van der Waals surface area contributed by atoms with E-state index in [9.17, 15) is 17.8 Å². The summed E-state index contributed by atoms with van der Waals surface area (Å²) in [7, 11) is -3.91. The number of carbonyl (C=O) groups excluding carboxylic acids is 1. The Morgan fingerprint density at radius 3 is 1.83 bits per heavy atom. The molecule has 0 bridgehead atoms. The van der Waals surface area contributed by atoms with E-state index in [4.69, 9.17) is 0 Å². The minimum atomic E-state index is -3.91. The van der Waals surface area contributed by atoms with Crippen LogP contribution in [0.25, 0.3) is 0 Å². The molecule has 7 heteroatoms. The number of primary amides is 1. The summed E-state index contributed by atoms with van der Waals surface area (Å²) in [4.78, 5) is 9.47. The first-order valence-electron chi connectivity index (χ1n) is 2.69. The molecular formula is C5H10NNaO4S. The van der Waals surface area contributed by atoms with E-state index in [0.717, 1.165) is 6.08 Å². The van der Waals surface area contributed by atoms with Crippen molar-refractivity contribution in [2.24, 2.45) is 5.73 Å². The van der Waals surface area contributed by atoms with Crippen molar-refractivity contribution in [2.45, 2.75) is 6.92 Å². The summed E-state index contributed by atoms with van der Waals surface area (Å²) in [6.07, 6.45) is 1.06. The fourth-order valence-electron chi connectivity index (χ4n) is 0. The topological polar surface area (TPSA) is 100 Å². The molecule has 0 rings (SSSR count). The summed E-state index contributed by atoms with van der Waals surface area (Å²) in [5.41, 5.74) is 4.53. The predicted molar refractivity (Wildman–Crippen MR) is 39.6 cm³/mol. The molecule has 0 aliphatic carbocycles. The normalized spacial score (nSPS) is 8.50. The first-order valence-corrected chi connectivity index (χ1v) is 4.26. The Morgan fingerprint density at radius 2 is 1.83 bits per heavy atom. The van der Waals surface area contributed by atoms with Crippen LogP contribution in [-0.2, 0) is 14.9 Å². The summed E-state index contributed by atoms with van der Waals surface area (Å²) < 4.78 is 28.3. The molecule has 0 radical (unpaired) electrons. The van der Waals surface area contributed by atoms with Crippen LogP contribution in [0.1, 0.15) is 6.92 Å². The van der Waals surface area contributed by atoms with Gasteiger partial charge in [-0.15, -0.1) is 0 Å². The van der Waals surface area contributed by atoms with Crippen molar-refractivity contribution in [3.05, 3.63) is 12.7 Å². The molecule has 0 saturated heterocycles. The third kappa shape index (κ3) is 32.1. The molecule has 0 aromatic carbocycles. The smallest absolute Gasteiger partial charge is 0.748 e. The van der Waals surface area contributed by atoms with Gasteiger partial charge < -0.3 is 10.3 Å². The monoisotopic (exact) mass is 203 g/mol. The number of hydrogen-bond donors (Lipinski definition) is 1. The van der Waals surface area contributed by atoms with Crippen molar-refractivity contribution >= 4 is 16.0 Å². The molecule has 12 heavy (non-hydrogen) atoms. The molecule has 0 aromatic rings. The number of rotatable bonds is 2. The third-order valence-electron chi connectivity index (χ3n) is 0.555. The van der Waals surface area contributed by atoms with Gasteiger partial charge in [0.1, 0.15) is 0 Å². The van der Waals surface area contributed by atoms with Crippen LogP contribution in [0.4, 0.5) is 0 Å². The minimum absolute atomic E-state index is 0. The van der Waals surface area contributed by atoms with Gasteiger partial charge in [0.25, 0.3) is 0 Å². The van der Waals surface area contributed by atoms with Gasteiger partial charge in [-0.3, -0.25) is 4.79 Å².